The van der Waals surface area contributed by atoms with E-state index in [9.17, 15) is 9.18 Å². The van der Waals surface area contributed by atoms with Crippen molar-refractivity contribution in [3.05, 3.63) is 53.3 Å². The van der Waals surface area contributed by atoms with Crippen LogP contribution in [0.15, 0.2) is 42.5 Å². The molecule has 2 aromatic carbocycles. The summed E-state index contributed by atoms with van der Waals surface area (Å²) in [5.74, 6) is 0.412. The zero-order chi connectivity index (χ0) is 20.7. The van der Waals surface area contributed by atoms with Gasteiger partial charge in [0.2, 0.25) is 11.9 Å². The summed E-state index contributed by atoms with van der Waals surface area (Å²) in [5.41, 5.74) is 1.80. The number of carbonyl (C=O) groups excluding carboxylic acids is 1. The van der Waals surface area contributed by atoms with Crippen LogP contribution in [0.25, 0.3) is 27.9 Å². The average molecular weight is 425 g/mol. The van der Waals surface area contributed by atoms with Crippen LogP contribution in [0.5, 0.6) is 0 Å². The largest absolute Gasteiger partial charge is 0.354 e. The Bertz CT molecular complexity index is 1260. The molecule has 7 nitrogen and oxygen atoms in total. The van der Waals surface area contributed by atoms with Crippen LogP contribution < -0.4 is 10.6 Å². The lowest BCUT2D eigenvalue weighted by Crippen LogP contribution is -2.38. The van der Waals surface area contributed by atoms with Crippen molar-refractivity contribution < 1.29 is 9.18 Å². The van der Waals surface area contributed by atoms with Crippen molar-refractivity contribution in [3.8, 4) is 11.4 Å². The molecule has 0 aliphatic carbocycles. The number of nitrogens with zero attached hydrogens (tertiary/aromatic N) is 4. The predicted molar refractivity (Wildman–Crippen MR) is 113 cm³/mol. The summed E-state index contributed by atoms with van der Waals surface area (Å²) in [6.07, 6.45) is 2.55. The molecule has 1 aliphatic heterocycles. The molecule has 0 unspecified atom stereocenters. The zero-order valence-electron chi connectivity index (χ0n) is 15.9. The van der Waals surface area contributed by atoms with Gasteiger partial charge in [-0.2, -0.15) is 4.52 Å². The fourth-order valence-corrected chi connectivity index (χ4v) is 3.86. The van der Waals surface area contributed by atoms with Crippen LogP contribution in [0.2, 0.25) is 5.02 Å². The van der Waals surface area contributed by atoms with Gasteiger partial charge in [0.05, 0.1) is 10.5 Å². The van der Waals surface area contributed by atoms with Gasteiger partial charge in [0.25, 0.3) is 0 Å². The number of rotatable bonds is 3. The molecule has 9 heteroatoms. The molecule has 2 aromatic heterocycles. The van der Waals surface area contributed by atoms with E-state index in [0.29, 0.717) is 46.5 Å². The van der Waals surface area contributed by atoms with Crippen LogP contribution in [0, 0.1) is 5.82 Å². The van der Waals surface area contributed by atoms with Crippen molar-refractivity contribution in [3.63, 3.8) is 0 Å². The van der Waals surface area contributed by atoms with Crippen LogP contribution in [-0.2, 0) is 4.79 Å². The molecule has 4 aromatic rings. The molecule has 0 radical (unpaired) electrons. The van der Waals surface area contributed by atoms with Gasteiger partial charge >= 0.3 is 0 Å². The Morgan fingerprint density at radius 3 is 2.80 bits per heavy atom. The Morgan fingerprint density at radius 2 is 1.97 bits per heavy atom. The molecule has 0 saturated carbocycles. The molecule has 152 valence electrons. The van der Waals surface area contributed by atoms with Gasteiger partial charge in [0, 0.05) is 17.5 Å². The summed E-state index contributed by atoms with van der Waals surface area (Å²) in [6, 6.07) is 11.0. The SMILES string of the molecule is O=C1NCCCC[C@H]1Nc1nc2c(Cl)cccc2c2nc(-c3ccc(F)cc3)nn12. The predicted octanol–water partition coefficient (Wildman–Crippen LogP) is 3.82. The second-order valence-corrected chi connectivity index (χ2v) is 7.64. The number of hydrogen-bond acceptors (Lipinski definition) is 5. The Morgan fingerprint density at radius 1 is 1.13 bits per heavy atom. The Hall–Kier alpha value is -3.26. The minimum absolute atomic E-state index is 0.0689. The molecule has 0 spiro atoms. The van der Waals surface area contributed by atoms with Crippen molar-refractivity contribution in [1.29, 1.82) is 0 Å². The number of nitrogens with one attached hydrogen (secondary N) is 2. The highest BCUT2D eigenvalue weighted by atomic mass is 35.5. The van der Waals surface area contributed by atoms with Gasteiger partial charge in [-0.05, 0) is 55.7 Å². The lowest BCUT2D eigenvalue weighted by atomic mass is 10.1. The van der Waals surface area contributed by atoms with Crippen molar-refractivity contribution >= 4 is 40.0 Å². The lowest BCUT2D eigenvalue weighted by molar-refractivity contribution is -0.121. The molecule has 1 saturated heterocycles. The molecule has 5 rings (SSSR count). The first kappa shape index (κ1) is 18.7. The zero-order valence-corrected chi connectivity index (χ0v) is 16.7. The minimum atomic E-state index is -0.429. The monoisotopic (exact) mass is 424 g/mol. The maximum atomic E-state index is 13.3. The molecule has 1 atom stereocenters. The number of aromatic nitrogens is 4. The van der Waals surface area contributed by atoms with Crippen molar-refractivity contribution in [2.45, 2.75) is 25.3 Å². The van der Waals surface area contributed by atoms with E-state index in [0.717, 1.165) is 18.2 Å². The number of anilines is 1. The van der Waals surface area contributed by atoms with Gasteiger partial charge in [0.1, 0.15) is 11.9 Å². The quantitative estimate of drug-likeness (QED) is 0.522. The summed E-state index contributed by atoms with van der Waals surface area (Å²) in [7, 11) is 0. The van der Waals surface area contributed by atoms with E-state index in [1.54, 1.807) is 22.7 Å². The summed E-state index contributed by atoms with van der Waals surface area (Å²) in [4.78, 5) is 21.8. The summed E-state index contributed by atoms with van der Waals surface area (Å²) >= 11 is 6.40. The molecular weight excluding hydrogens is 407 g/mol. The Kier molecular flexibility index (Phi) is 4.71. The molecule has 1 aliphatic rings. The summed E-state index contributed by atoms with van der Waals surface area (Å²) < 4.78 is 14.9. The molecule has 30 heavy (non-hydrogen) atoms. The number of para-hydroxylation sites is 1. The molecule has 3 heterocycles. The van der Waals surface area contributed by atoms with Crippen LogP contribution in [-0.4, -0.2) is 38.1 Å². The van der Waals surface area contributed by atoms with Crippen molar-refractivity contribution in [2.75, 3.05) is 11.9 Å². The molecular formula is C21H18ClFN6O. The van der Waals surface area contributed by atoms with E-state index in [-0.39, 0.29) is 11.7 Å². The third kappa shape index (κ3) is 3.33. The fraction of sp³-hybridized carbons (Fsp3) is 0.238. The first-order valence-electron chi connectivity index (χ1n) is 9.75. The molecule has 0 bridgehead atoms. The highest BCUT2D eigenvalue weighted by Gasteiger charge is 2.24. The standard InChI is InChI=1S/C21H18ClFN6O/c22-15-5-3-4-14-17(15)26-21(25-16-6-1-2-11-24-20(16)30)29-19(14)27-18(28-29)12-7-9-13(23)10-8-12/h3-5,7-10,16H,1-2,6,11H2,(H,24,30)(H,25,26)/t16-/m1/s1. The molecule has 1 amide bonds. The van der Waals surface area contributed by atoms with E-state index in [1.165, 1.54) is 12.1 Å². The third-order valence-corrected chi connectivity index (χ3v) is 5.50. The number of amides is 1. The van der Waals surface area contributed by atoms with Gasteiger partial charge in [-0.25, -0.2) is 14.4 Å². The number of halogens is 2. The van der Waals surface area contributed by atoms with Gasteiger partial charge in [0.15, 0.2) is 11.5 Å². The van der Waals surface area contributed by atoms with Gasteiger partial charge in [-0.1, -0.05) is 17.7 Å². The van der Waals surface area contributed by atoms with Gasteiger partial charge < -0.3 is 10.6 Å². The summed E-state index contributed by atoms with van der Waals surface area (Å²) in [5, 5.41) is 11.9. The first-order chi connectivity index (χ1) is 14.6. The highest BCUT2D eigenvalue weighted by Crippen LogP contribution is 2.29. The third-order valence-electron chi connectivity index (χ3n) is 5.19. The fourth-order valence-electron chi connectivity index (χ4n) is 3.64. The second-order valence-electron chi connectivity index (χ2n) is 7.23. The van der Waals surface area contributed by atoms with Gasteiger partial charge in [-0.15, -0.1) is 5.10 Å². The number of carbonyl (C=O) groups is 1. The molecule has 1 fully saturated rings. The lowest BCUT2D eigenvalue weighted by Gasteiger charge is -2.17. The van der Waals surface area contributed by atoms with Crippen LogP contribution in [0.1, 0.15) is 19.3 Å². The maximum Gasteiger partial charge on any atom is 0.242 e. The van der Waals surface area contributed by atoms with Crippen LogP contribution in [0.3, 0.4) is 0 Å². The minimum Gasteiger partial charge on any atom is -0.354 e. The Balaban J connectivity index is 1.68. The van der Waals surface area contributed by atoms with Crippen LogP contribution >= 0.6 is 11.6 Å². The van der Waals surface area contributed by atoms with E-state index in [2.05, 4.69) is 25.7 Å². The van der Waals surface area contributed by atoms with Gasteiger partial charge in [-0.3, -0.25) is 4.79 Å². The first-order valence-corrected chi connectivity index (χ1v) is 10.1. The Labute approximate surface area is 176 Å². The summed E-state index contributed by atoms with van der Waals surface area (Å²) in [6.45, 7) is 0.668. The molecule has 2 N–H and O–H groups in total. The maximum absolute atomic E-state index is 13.3. The van der Waals surface area contributed by atoms with Crippen molar-refractivity contribution in [2.24, 2.45) is 0 Å². The van der Waals surface area contributed by atoms with E-state index in [1.807, 2.05) is 12.1 Å². The normalized spacial score (nSPS) is 17.1. The van der Waals surface area contributed by atoms with Crippen LogP contribution in [0.4, 0.5) is 10.3 Å². The highest BCUT2D eigenvalue weighted by molar-refractivity contribution is 6.35. The number of hydrogen-bond donors (Lipinski definition) is 2. The number of fused-ring (bicyclic) bond motifs is 3. The van der Waals surface area contributed by atoms with E-state index in [4.69, 9.17) is 11.6 Å². The van der Waals surface area contributed by atoms with E-state index >= 15 is 0 Å². The smallest absolute Gasteiger partial charge is 0.242 e. The number of benzene rings is 2. The van der Waals surface area contributed by atoms with E-state index < -0.39 is 6.04 Å². The average Bonchev–Trinajstić information content (AvgIpc) is 3.10. The van der Waals surface area contributed by atoms with Crippen molar-refractivity contribution in [1.82, 2.24) is 24.9 Å². The topological polar surface area (TPSA) is 84.2 Å². The second kappa shape index (κ2) is 7.53.